The average molecular weight is 271 g/mol. The summed E-state index contributed by atoms with van der Waals surface area (Å²) in [7, 11) is 1.81. The Morgan fingerprint density at radius 3 is 2.80 bits per heavy atom. The van der Waals surface area contributed by atoms with E-state index in [-0.39, 0.29) is 5.91 Å². The van der Waals surface area contributed by atoms with Crippen molar-refractivity contribution in [3.63, 3.8) is 0 Å². The number of H-pyrrole nitrogens is 1. The third-order valence-corrected chi connectivity index (χ3v) is 3.38. The molecule has 0 saturated heterocycles. The average Bonchev–Trinajstić information content (AvgIpc) is 2.89. The van der Waals surface area contributed by atoms with E-state index in [9.17, 15) is 4.79 Å². The first kappa shape index (κ1) is 14.3. The van der Waals surface area contributed by atoms with E-state index in [1.165, 1.54) is 5.56 Å². The van der Waals surface area contributed by atoms with Crippen LogP contribution in [0.1, 0.15) is 40.7 Å². The number of carbonyl (C=O) groups excluding carboxylic acids is 1. The first-order chi connectivity index (χ1) is 9.61. The third kappa shape index (κ3) is 3.26. The minimum atomic E-state index is -0.0492. The number of benzene rings is 1. The Labute approximate surface area is 119 Å². The zero-order valence-electron chi connectivity index (χ0n) is 12.3. The van der Waals surface area contributed by atoms with Crippen LogP contribution in [0.4, 0.5) is 0 Å². The molecule has 0 spiro atoms. The molecule has 4 nitrogen and oxygen atoms in total. The molecule has 1 N–H and O–H groups in total. The molecule has 1 aromatic carbocycles. The van der Waals surface area contributed by atoms with Crippen molar-refractivity contribution >= 4 is 5.91 Å². The molecular weight excluding hydrogens is 250 g/mol. The van der Waals surface area contributed by atoms with Crippen LogP contribution < -0.4 is 0 Å². The van der Waals surface area contributed by atoms with E-state index in [2.05, 4.69) is 30.1 Å². The maximum absolute atomic E-state index is 12.3. The molecule has 1 heterocycles. The maximum Gasteiger partial charge on any atom is 0.274 e. The molecule has 0 aliphatic heterocycles. The predicted molar refractivity (Wildman–Crippen MR) is 79.6 cm³/mol. The van der Waals surface area contributed by atoms with Gasteiger partial charge in [0.2, 0.25) is 0 Å². The van der Waals surface area contributed by atoms with Crippen molar-refractivity contribution in [2.24, 2.45) is 0 Å². The Morgan fingerprint density at radius 2 is 2.10 bits per heavy atom. The lowest BCUT2D eigenvalue weighted by Gasteiger charge is -2.17. The van der Waals surface area contributed by atoms with E-state index in [0.29, 0.717) is 12.2 Å². The zero-order valence-corrected chi connectivity index (χ0v) is 12.3. The van der Waals surface area contributed by atoms with Crippen molar-refractivity contribution < 1.29 is 4.79 Å². The molecule has 1 amide bonds. The summed E-state index contributed by atoms with van der Waals surface area (Å²) in [6, 6.07) is 9.95. The van der Waals surface area contributed by atoms with E-state index < -0.39 is 0 Å². The van der Waals surface area contributed by atoms with E-state index in [1.807, 2.05) is 31.3 Å². The van der Waals surface area contributed by atoms with Crippen LogP contribution in [0.2, 0.25) is 0 Å². The van der Waals surface area contributed by atoms with E-state index in [1.54, 1.807) is 4.90 Å². The lowest BCUT2D eigenvalue weighted by Crippen LogP contribution is -2.26. The maximum atomic E-state index is 12.3. The molecule has 106 valence electrons. The van der Waals surface area contributed by atoms with Crippen molar-refractivity contribution in [3.05, 3.63) is 52.8 Å². The second-order valence-corrected chi connectivity index (χ2v) is 5.12. The molecule has 2 aromatic rings. The molecule has 0 radical (unpaired) electrons. The number of rotatable bonds is 5. The molecule has 2 rings (SSSR count). The number of hydrogen-bond acceptors (Lipinski definition) is 2. The summed E-state index contributed by atoms with van der Waals surface area (Å²) < 4.78 is 0. The largest absolute Gasteiger partial charge is 0.336 e. The molecule has 20 heavy (non-hydrogen) atoms. The monoisotopic (exact) mass is 271 g/mol. The van der Waals surface area contributed by atoms with Gasteiger partial charge in [0.25, 0.3) is 5.91 Å². The fourth-order valence-corrected chi connectivity index (χ4v) is 2.18. The molecular formula is C16H21N3O. The van der Waals surface area contributed by atoms with Crippen LogP contribution in [0.3, 0.4) is 0 Å². The first-order valence-corrected chi connectivity index (χ1v) is 6.96. The van der Waals surface area contributed by atoms with Crippen LogP contribution in [0.25, 0.3) is 0 Å². The van der Waals surface area contributed by atoms with Crippen LogP contribution in [-0.4, -0.2) is 28.1 Å². The molecule has 0 aliphatic rings. The molecule has 0 atom stereocenters. The lowest BCUT2D eigenvalue weighted by molar-refractivity contribution is 0.0779. The Balaban J connectivity index is 2.06. The van der Waals surface area contributed by atoms with Crippen LogP contribution in [-0.2, 0) is 13.0 Å². The van der Waals surface area contributed by atoms with Crippen molar-refractivity contribution in [1.82, 2.24) is 15.1 Å². The predicted octanol–water partition coefficient (Wildman–Crippen LogP) is 2.94. The van der Waals surface area contributed by atoms with Crippen LogP contribution in [0, 0.1) is 6.92 Å². The van der Waals surface area contributed by atoms with Gasteiger partial charge in [0.15, 0.2) is 0 Å². The van der Waals surface area contributed by atoms with Gasteiger partial charge < -0.3 is 4.90 Å². The Hall–Kier alpha value is -2.10. The van der Waals surface area contributed by atoms with Crippen molar-refractivity contribution in [2.45, 2.75) is 33.2 Å². The standard InChI is InChI=1S/C16H21N3O/c1-4-7-14-10-15(18-17-14)16(20)19(3)11-13-9-6-5-8-12(13)2/h5-6,8-10H,4,7,11H2,1-3H3,(H,17,18). The first-order valence-electron chi connectivity index (χ1n) is 6.96. The van der Waals surface area contributed by atoms with Gasteiger partial charge in [0.1, 0.15) is 5.69 Å². The molecule has 0 bridgehead atoms. The van der Waals surface area contributed by atoms with Gasteiger partial charge in [-0.3, -0.25) is 9.89 Å². The van der Waals surface area contributed by atoms with Crippen molar-refractivity contribution in [2.75, 3.05) is 7.05 Å². The summed E-state index contributed by atoms with van der Waals surface area (Å²) in [5, 5.41) is 7.02. The third-order valence-electron chi connectivity index (χ3n) is 3.38. The molecule has 0 saturated carbocycles. The Morgan fingerprint density at radius 1 is 1.35 bits per heavy atom. The van der Waals surface area contributed by atoms with Gasteiger partial charge >= 0.3 is 0 Å². The molecule has 0 fully saturated rings. The highest BCUT2D eigenvalue weighted by atomic mass is 16.2. The zero-order chi connectivity index (χ0) is 14.5. The molecule has 0 unspecified atom stereocenters. The molecule has 4 heteroatoms. The Bertz CT molecular complexity index is 589. The number of amides is 1. The fourth-order valence-electron chi connectivity index (χ4n) is 2.18. The number of nitrogens with zero attached hydrogens (tertiary/aromatic N) is 2. The van der Waals surface area contributed by atoms with Gasteiger partial charge in [-0.05, 0) is 30.5 Å². The van der Waals surface area contributed by atoms with Gasteiger partial charge in [-0.15, -0.1) is 0 Å². The summed E-state index contributed by atoms with van der Waals surface area (Å²) in [5.41, 5.74) is 3.86. The van der Waals surface area contributed by atoms with E-state index in [0.717, 1.165) is 24.1 Å². The number of carbonyl (C=O) groups is 1. The second kappa shape index (κ2) is 6.37. The quantitative estimate of drug-likeness (QED) is 0.909. The highest BCUT2D eigenvalue weighted by Gasteiger charge is 2.15. The summed E-state index contributed by atoms with van der Waals surface area (Å²) in [4.78, 5) is 14.0. The minimum absolute atomic E-state index is 0.0492. The van der Waals surface area contributed by atoms with Crippen LogP contribution in [0.5, 0.6) is 0 Å². The van der Waals surface area contributed by atoms with E-state index in [4.69, 9.17) is 0 Å². The van der Waals surface area contributed by atoms with Crippen molar-refractivity contribution in [3.8, 4) is 0 Å². The number of aryl methyl sites for hydroxylation is 2. The van der Waals surface area contributed by atoms with Gasteiger partial charge in [0, 0.05) is 19.3 Å². The van der Waals surface area contributed by atoms with Gasteiger partial charge in [-0.1, -0.05) is 37.6 Å². The number of nitrogens with one attached hydrogen (secondary N) is 1. The lowest BCUT2D eigenvalue weighted by atomic mass is 10.1. The summed E-state index contributed by atoms with van der Waals surface area (Å²) in [5.74, 6) is -0.0492. The number of hydrogen-bond donors (Lipinski definition) is 1. The van der Waals surface area contributed by atoms with Crippen molar-refractivity contribution in [1.29, 1.82) is 0 Å². The van der Waals surface area contributed by atoms with Gasteiger partial charge in [-0.25, -0.2) is 0 Å². The highest BCUT2D eigenvalue weighted by Crippen LogP contribution is 2.12. The second-order valence-electron chi connectivity index (χ2n) is 5.12. The summed E-state index contributed by atoms with van der Waals surface area (Å²) >= 11 is 0. The van der Waals surface area contributed by atoms with Gasteiger partial charge in [-0.2, -0.15) is 5.10 Å². The summed E-state index contributed by atoms with van der Waals surface area (Å²) in [6.07, 6.45) is 1.96. The minimum Gasteiger partial charge on any atom is -0.336 e. The molecule has 0 aliphatic carbocycles. The smallest absolute Gasteiger partial charge is 0.274 e. The highest BCUT2D eigenvalue weighted by molar-refractivity contribution is 5.92. The Kier molecular flexibility index (Phi) is 4.56. The summed E-state index contributed by atoms with van der Waals surface area (Å²) in [6.45, 7) is 4.76. The number of aromatic nitrogens is 2. The van der Waals surface area contributed by atoms with Crippen LogP contribution in [0.15, 0.2) is 30.3 Å². The molecule has 1 aromatic heterocycles. The fraction of sp³-hybridized carbons (Fsp3) is 0.375. The van der Waals surface area contributed by atoms with Crippen LogP contribution >= 0.6 is 0 Å². The van der Waals surface area contributed by atoms with Gasteiger partial charge in [0.05, 0.1) is 0 Å². The van der Waals surface area contributed by atoms with E-state index >= 15 is 0 Å². The number of aromatic amines is 1. The SMILES string of the molecule is CCCc1cc(C(=O)N(C)Cc2ccccc2C)n[nH]1. The normalized spacial score (nSPS) is 10.6. The topological polar surface area (TPSA) is 49.0 Å².